The van der Waals surface area contributed by atoms with E-state index in [0.717, 1.165) is 37.1 Å². The number of piperidine rings is 1. The van der Waals surface area contributed by atoms with E-state index in [1.54, 1.807) is 12.1 Å². The first-order valence-corrected chi connectivity index (χ1v) is 11.4. The molecule has 0 aliphatic carbocycles. The smallest absolute Gasteiger partial charge is 0.253 e. The number of carbonyl (C=O) groups is 2. The molecule has 2 aromatic carbocycles. The van der Waals surface area contributed by atoms with Crippen LogP contribution in [0, 0.1) is 0 Å². The molecular weight excluding hydrogens is 454 g/mol. The topological polar surface area (TPSA) is 69.6 Å². The quantitative estimate of drug-likeness (QED) is 0.414. The lowest BCUT2D eigenvalue weighted by Gasteiger charge is -2.26. The number of hydrogen-bond acceptors (Lipinski definition) is 4. The summed E-state index contributed by atoms with van der Waals surface area (Å²) < 4.78 is 11.7. The van der Waals surface area contributed by atoms with Crippen LogP contribution >= 0.6 is 23.2 Å². The largest absolute Gasteiger partial charge is 0.387 e. The number of aldehydes is 1. The number of hydrogen-bond donors (Lipinski definition) is 2. The van der Waals surface area contributed by atoms with Crippen molar-refractivity contribution in [3.05, 3.63) is 59.7 Å². The van der Waals surface area contributed by atoms with Gasteiger partial charge in [-0.1, -0.05) is 59.6 Å². The minimum atomic E-state index is -1.68. The van der Waals surface area contributed by atoms with E-state index in [9.17, 15) is 19.1 Å². The third kappa shape index (κ3) is 6.29. The summed E-state index contributed by atoms with van der Waals surface area (Å²) in [6.07, 6.45) is 2.49. The molecular formula is C24H27Cl2FN2O3. The second kappa shape index (κ2) is 11.2. The molecule has 172 valence electrons. The number of nitrogens with one attached hydrogen (secondary N) is 1. The molecule has 0 bridgehead atoms. The highest BCUT2D eigenvalue weighted by atomic mass is 35.5. The minimum Gasteiger partial charge on any atom is -0.387 e. The summed E-state index contributed by atoms with van der Waals surface area (Å²) in [4.78, 5) is 25.3. The van der Waals surface area contributed by atoms with Gasteiger partial charge in [-0.15, -0.1) is 0 Å². The fourth-order valence-electron chi connectivity index (χ4n) is 3.75. The second-order valence-electron chi connectivity index (χ2n) is 8.02. The van der Waals surface area contributed by atoms with Crippen LogP contribution in [0.3, 0.4) is 0 Å². The molecule has 1 aliphatic heterocycles. The number of nitrogens with zero attached hydrogens (tertiary/aromatic N) is 1. The summed E-state index contributed by atoms with van der Waals surface area (Å²) in [5, 5.41) is 13.2. The minimum absolute atomic E-state index is 0.0620. The van der Waals surface area contributed by atoms with E-state index in [-0.39, 0.29) is 12.5 Å². The molecule has 5 nitrogen and oxygen atoms in total. The Bertz CT molecular complexity index is 900. The van der Waals surface area contributed by atoms with Crippen molar-refractivity contribution in [1.82, 2.24) is 10.2 Å². The number of amides is 1. The SMILES string of the molecule is O=CC(Cl)(Cl)CNC(CF)C(O)c1ccc(-c2ccc(C(=O)N3CCCCC3)cc2)cc1. The van der Waals surface area contributed by atoms with Gasteiger partial charge in [0, 0.05) is 25.2 Å². The Labute approximate surface area is 197 Å². The molecule has 0 radical (unpaired) electrons. The molecule has 1 aliphatic rings. The molecule has 1 fully saturated rings. The molecule has 1 amide bonds. The Hall–Kier alpha value is -1.99. The maximum absolute atomic E-state index is 13.4. The second-order valence-corrected chi connectivity index (χ2v) is 9.56. The lowest BCUT2D eigenvalue weighted by molar-refractivity contribution is -0.108. The predicted octanol–water partition coefficient (Wildman–Crippen LogP) is 4.31. The summed E-state index contributed by atoms with van der Waals surface area (Å²) in [7, 11) is 0. The lowest BCUT2D eigenvalue weighted by atomic mass is 9.98. The average molecular weight is 481 g/mol. The molecule has 32 heavy (non-hydrogen) atoms. The Morgan fingerprint density at radius 1 is 1.06 bits per heavy atom. The first-order chi connectivity index (χ1) is 15.3. The first kappa shape index (κ1) is 24.6. The van der Waals surface area contributed by atoms with E-state index in [2.05, 4.69) is 5.32 Å². The normalized spacial score (nSPS) is 16.4. The fraction of sp³-hybridized carbons (Fsp3) is 0.417. The van der Waals surface area contributed by atoms with Gasteiger partial charge in [-0.05, 0) is 48.1 Å². The van der Waals surface area contributed by atoms with Crippen LogP contribution in [0.5, 0.6) is 0 Å². The van der Waals surface area contributed by atoms with Crippen LogP contribution in [0.4, 0.5) is 4.39 Å². The molecule has 2 N–H and O–H groups in total. The molecule has 2 aromatic rings. The molecule has 0 spiro atoms. The number of alkyl halides is 3. The molecule has 0 aromatic heterocycles. The van der Waals surface area contributed by atoms with Crippen molar-refractivity contribution in [2.24, 2.45) is 0 Å². The number of aliphatic hydroxyl groups excluding tert-OH is 1. The number of halogens is 3. The van der Waals surface area contributed by atoms with E-state index in [0.29, 0.717) is 17.4 Å². The van der Waals surface area contributed by atoms with Gasteiger partial charge in [0.15, 0.2) is 10.6 Å². The Morgan fingerprint density at radius 2 is 1.62 bits per heavy atom. The Balaban J connectivity index is 1.65. The molecule has 1 saturated heterocycles. The van der Waals surface area contributed by atoms with Crippen molar-refractivity contribution in [1.29, 1.82) is 0 Å². The third-order valence-electron chi connectivity index (χ3n) is 5.68. The van der Waals surface area contributed by atoms with Crippen LogP contribution in [0.15, 0.2) is 48.5 Å². The van der Waals surface area contributed by atoms with Crippen LogP contribution in [0.25, 0.3) is 11.1 Å². The van der Waals surface area contributed by atoms with Crippen molar-refractivity contribution >= 4 is 35.4 Å². The van der Waals surface area contributed by atoms with Crippen LogP contribution in [0.2, 0.25) is 0 Å². The predicted molar refractivity (Wildman–Crippen MR) is 125 cm³/mol. The highest BCUT2D eigenvalue weighted by Crippen LogP contribution is 2.25. The van der Waals surface area contributed by atoms with E-state index in [1.807, 2.05) is 41.3 Å². The number of aliphatic hydroxyl groups is 1. The maximum Gasteiger partial charge on any atom is 0.253 e. The third-order valence-corrected chi connectivity index (χ3v) is 6.13. The first-order valence-electron chi connectivity index (χ1n) is 10.7. The van der Waals surface area contributed by atoms with Gasteiger partial charge in [-0.2, -0.15) is 0 Å². The summed E-state index contributed by atoms with van der Waals surface area (Å²) in [6, 6.07) is 13.6. The van der Waals surface area contributed by atoms with Crippen molar-refractivity contribution < 1.29 is 19.1 Å². The molecule has 0 saturated carbocycles. The Morgan fingerprint density at radius 3 is 2.16 bits per heavy atom. The van der Waals surface area contributed by atoms with Gasteiger partial charge in [-0.3, -0.25) is 9.59 Å². The van der Waals surface area contributed by atoms with Crippen molar-refractivity contribution in [3.8, 4) is 11.1 Å². The fourth-order valence-corrected chi connectivity index (χ4v) is 3.90. The maximum atomic E-state index is 13.4. The number of rotatable bonds is 9. The van der Waals surface area contributed by atoms with E-state index >= 15 is 0 Å². The van der Waals surface area contributed by atoms with Gasteiger partial charge in [-0.25, -0.2) is 4.39 Å². The molecule has 2 unspecified atom stereocenters. The number of benzene rings is 2. The molecule has 1 heterocycles. The van der Waals surface area contributed by atoms with Crippen molar-refractivity contribution in [2.75, 3.05) is 26.3 Å². The standard InChI is InChI=1S/C24H27Cl2FN2O3/c25-24(26,16-30)15-28-21(14-27)22(31)19-8-4-17(5-9-19)18-6-10-20(11-7-18)23(32)29-12-2-1-3-13-29/h4-11,16,21-22,28,31H,1-3,12-15H2. The van der Waals surface area contributed by atoms with Gasteiger partial charge in [0.1, 0.15) is 6.67 Å². The van der Waals surface area contributed by atoms with Crippen molar-refractivity contribution in [3.63, 3.8) is 0 Å². The van der Waals surface area contributed by atoms with Crippen LogP contribution in [-0.4, -0.2) is 58.9 Å². The summed E-state index contributed by atoms with van der Waals surface area (Å²) in [5.74, 6) is 0.0620. The highest BCUT2D eigenvalue weighted by molar-refractivity contribution is 6.55. The summed E-state index contributed by atoms with van der Waals surface area (Å²) in [6.45, 7) is 0.569. The van der Waals surface area contributed by atoms with Crippen molar-refractivity contribution in [2.45, 2.75) is 35.7 Å². The Kier molecular flexibility index (Phi) is 8.65. The zero-order chi connectivity index (χ0) is 23.1. The number of likely N-dealkylation sites (tertiary alicyclic amines) is 1. The molecule has 3 rings (SSSR count). The monoisotopic (exact) mass is 480 g/mol. The van der Waals surface area contributed by atoms with Gasteiger partial charge in [0.25, 0.3) is 5.91 Å². The van der Waals surface area contributed by atoms with Crippen LogP contribution in [0.1, 0.15) is 41.3 Å². The van der Waals surface area contributed by atoms with Crippen LogP contribution in [-0.2, 0) is 4.79 Å². The average Bonchev–Trinajstić information content (AvgIpc) is 2.84. The zero-order valence-electron chi connectivity index (χ0n) is 17.6. The van der Waals surface area contributed by atoms with Crippen LogP contribution < -0.4 is 5.32 Å². The summed E-state index contributed by atoms with van der Waals surface area (Å²) in [5.41, 5.74) is 3.02. The van der Waals surface area contributed by atoms with E-state index in [4.69, 9.17) is 23.2 Å². The summed E-state index contributed by atoms with van der Waals surface area (Å²) >= 11 is 11.5. The number of carbonyl (C=O) groups excluding carboxylic acids is 2. The van der Waals surface area contributed by atoms with Gasteiger partial charge in [0.05, 0.1) is 12.1 Å². The van der Waals surface area contributed by atoms with E-state index < -0.39 is 23.2 Å². The highest BCUT2D eigenvalue weighted by Gasteiger charge is 2.27. The van der Waals surface area contributed by atoms with Gasteiger partial charge < -0.3 is 15.3 Å². The molecule has 8 heteroatoms. The van der Waals surface area contributed by atoms with E-state index in [1.165, 1.54) is 6.42 Å². The zero-order valence-corrected chi connectivity index (χ0v) is 19.2. The van der Waals surface area contributed by atoms with Gasteiger partial charge in [0.2, 0.25) is 0 Å². The van der Waals surface area contributed by atoms with Gasteiger partial charge >= 0.3 is 0 Å². The molecule has 2 atom stereocenters. The lowest BCUT2D eigenvalue weighted by Crippen LogP contribution is -2.43.